The molecule has 0 saturated heterocycles. The van der Waals surface area contributed by atoms with Crippen molar-refractivity contribution >= 4 is 46.4 Å². The first-order valence-corrected chi connectivity index (χ1v) is 7.16. The first kappa shape index (κ1) is 16.0. The highest BCUT2D eigenvalue weighted by Gasteiger charge is 2.14. The van der Waals surface area contributed by atoms with Gasteiger partial charge in [0, 0.05) is 5.56 Å². The monoisotopic (exact) mass is 343 g/mol. The van der Waals surface area contributed by atoms with E-state index >= 15 is 0 Å². The first-order valence-electron chi connectivity index (χ1n) is 6.03. The molecule has 0 saturated carbocycles. The van der Waals surface area contributed by atoms with Crippen molar-refractivity contribution in [3.63, 3.8) is 0 Å². The molecule has 0 aliphatic rings. The van der Waals surface area contributed by atoms with Gasteiger partial charge < -0.3 is 10.1 Å². The van der Waals surface area contributed by atoms with E-state index in [-0.39, 0.29) is 16.0 Å². The Bertz CT molecular complexity index is 678. The smallest absolute Gasteiger partial charge is 0.255 e. The molecule has 2 aromatic rings. The Morgan fingerprint density at radius 2 is 1.67 bits per heavy atom. The van der Waals surface area contributed by atoms with E-state index in [0.29, 0.717) is 22.0 Å². The molecule has 0 atom stereocenters. The van der Waals surface area contributed by atoms with Gasteiger partial charge in [-0.25, -0.2) is 0 Å². The fraction of sp³-hybridized carbons (Fsp3) is 0.133. The summed E-state index contributed by atoms with van der Waals surface area (Å²) in [6, 6.07) is 8.34. The van der Waals surface area contributed by atoms with E-state index in [1.165, 1.54) is 19.2 Å². The van der Waals surface area contributed by atoms with Gasteiger partial charge in [0.1, 0.15) is 0 Å². The minimum Gasteiger partial charge on any atom is -0.494 e. The molecule has 110 valence electrons. The van der Waals surface area contributed by atoms with Crippen LogP contribution in [0.3, 0.4) is 0 Å². The zero-order valence-corrected chi connectivity index (χ0v) is 13.6. The standard InChI is InChI=1S/C15H12Cl3NO2/c1-8-3-4-13(10(16)5-8)19-15(20)9-6-11(17)14(21-2)12(18)7-9/h3-7H,1-2H3,(H,19,20). The molecule has 21 heavy (non-hydrogen) atoms. The molecule has 2 rings (SSSR count). The number of carbonyl (C=O) groups excluding carboxylic acids is 1. The molecule has 0 aromatic heterocycles. The zero-order valence-electron chi connectivity index (χ0n) is 11.3. The number of hydrogen-bond donors (Lipinski definition) is 1. The zero-order chi connectivity index (χ0) is 15.6. The molecule has 0 aliphatic heterocycles. The van der Waals surface area contributed by atoms with Crippen LogP contribution in [0.1, 0.15) is 15.9 Å². The number of ether oxygens (including phenoxy) is 1. The van der Waals surface area contributed by atoms with Gasteiger partial charge in [-0.05, 0) is 36.8 Å². The molecule has 0 spiro atoms. The number of rotatable bonds is 3. The summed E-state index contributed by atoms with van der Waals surface area (Å²) in [5.74, 6) is -0.0181. The maximum Gasteiger partial charge on any atom is 0.255 e. The molecule has 0 fully saturated rings. The second-order valence-corrected chi connectivity index (χ2v) is 5.63. The minimum absolute atomic E-state index is 0.269. The number of methoxy groups -OCH3 is 1. The van der Waals surface area contributed by atoms with E-state index in [2.05, 4.69) is 5.32 Å². The van der Waals surface area contributed by atoms with Gasteiger partial charge in [0.25, 0.3) is 5.91 Å². The van der Waals surface area contributed by atoms with Crippen molar-refractivity contribution in [2.75, 3.05) is 12.4 Å². The van der Waals surface area contributed by atoms with Gasteiger partial charge in [0.05, 0.1) is 27.9 Å². The Balaban J connectivity index is 2.28. The molecule has 0 aliphatic carbocycles. The minimum atomic E-state index is -0.354. The predicted molar refractivity (Wildman–Crippen MR) is 87.2 cm³/mol. The van der Waals surface area contributed by atoms with Crippen molar-refractivity contribution in [3.05, 3.63) is 56.5 Å². The van der Waals surface area contributed by atoms with Crippen LogP contribution in [0.15, 0.2) is 30.3 Å². The van der Waals surface area contributed by atoms with Crippen LogP contribution in [0.4, 0.5) is 5.69 Å². The number of hydrogen-bond acceptors (Lipinski definition) is 2. The number of aryl methyl sites for hydroxylation is 1. The molecule has 0 heterocycles. The van der Waals surface area contributed by atoms with Crippen LogP contribution in [-0.2, 0) is 0 Å². The summed E-state index contributed by atoms with van der Waals surface area (Å²) in [6.07, 6.45) is 0. The van der Waals surface area contributed by atoms with Gasteiger partial charge in [0.2, 0.25) is 0 Å². The van der Waals surface area contributed by atoms with Crippen molar-refractivity contribution in [3.8, 4) is 5.75 Å². The normalized spacial score (nSPS) is 10.3. The molecule has 2 aromatic carbocycles. The second kappa shape index (κ2) is 6.56. The lowest BCUT2D eigenvalue weighted by atomic mass is 10.2. The average Bonchev–Trinajstić information content (AvgIpc) is 2.41. The fourth-order valence-electron chi connectivity index (χ4n) is 1.80. The topological polar surface area (TPSA) is 38.3 Å². The quantitative estimate of drug-likeness (QED) is 0.829. The third-order valence-corrected chi connectivity index (χ3v) is 3.71. The Kier molecular flexibility index (Phi) is 4.99. The maximum atomic E-state index is 12.2. The molecular formula is C15H12Cl3NO2. The van der Waals surface area contributed by atoms with Crippen LogP contribution in [0.2, 0.25) is 15.1 Å². The fourth-order valence-corrected chi connectivity index (χ4v) is 2.73. The van der Waals surface area contributed by atoms with Crippen molar-refractivity contribution in [1.29, 1.82) is 0 Å². The van der Waals surface area contributed by atoms with E-state index in [0.717, 1.165) is 5.56 Å². The van der Waals surface area contributed by atoms with E-state index in [1.54, 1.807) is 12.1 Å². The number of benzene rings is 2. The molecule has 0 unspecified atom stereocenters. The molecule has 1 amide bonds. The predicted octanol–water partition coefficient (Wildman–Crippen LogP) is 5.22. The van der Waals surface area contributed by atoms with E-state index < -0.39 is 0 Å². The Morgan fingerprint density at radius 3 is 2.19 bits per heavy atom. The summed E-state index contributed by atoms with van der Waals surface area (Å²) in [5, 5.41) is 3.72. The van der Waals surface area contributed by atoms with E-state index in [1.807, 2.05) is 13.0 Å². The molecule has 0 radical (unpaired) electrons. The van der Waals surface area contributed by atoms with Gasteiger partial charge in [0.15, 0.2) is 5.75 Å². The van der Waals surface area contributed by atoms with Crippen molar-refractivity contribution in [1.82, 2.24) is 0 Å². The van der Waals surface area contributed by atoms with Crippen LogP contribution >= 0.6 is 34.8 Å². The van der Waals surface area contributed by atoms with Gasteiger partial charge >= 0.3 is 0 Å². The Labute approximate surface area is 137 Å². The maximum absolute atomic E-state index is 12.2. The van der Waals surface area contributed by atoms with E-state index in [9.17, 15) is 4.79 Å². The number of nitrogens with one attached hydrogen (secondary N) is 1. The van der Waals surface area contributed by atoms with Crippen molar-refractivity contribution in [2.24, 2.45) is 0 Å². The third kappa shape index (κ3) is 3.62. The lowest BCUT2D eigenvalue weighted by Gasteiger charge is -2.10. The number of anilines is 1. The van der Waals surface area contributed by atoms with Crippen LogP contribution < -0.4 is 10.1 Å². The second-order valence-electron chi connectivity index (χ2n) is 4.41. The van der Waals surface area contributed by atoms with E-state index in [4.69, 9.17) is 39.5 Å². The largest absolute Gasteiger partial charge is 0.494 e. The Morgan fingerprint density at radius 1 is 1.05 bits per heavy atom. The summed E-state index contributed by atoms with van der Waals surface area (Å²) >= 11 is 18.1. The van der Waals surface area contributed by atoms with Gasteiger partial charge in [-0.15, -0.1) is 0 Å². The highest BCUT2D eigenvalue weighted by molar-refractivity contribution is 6.38. The molecule has 6 heteroatoms. The molecule has 1 N–H and O–H groups in total. The van der Waals surface area contributed by atoms with Gasteiger partial charge in [-0.2, -0.15) is 0 Å². The van der Waals surface area contributed by atoms with Crippen LogP contribution in [0.25, 0.3) is 0 Å². The lowest BCUT2D eigenvalue weighted by molar-refractivity contribution is 0.102. The summed E-state index contributed by atoms with van der Waals surface area (Å²) in [7, 11) is 1.46. The highest BCUT2D eigenvalue weighted by Crippen LogP contribution is 2.34. The number of carbonyl (C=O) groups is 1. The van der Waals surface area contributed by atoms with Crippen LogP contribution in [0, 0.1) is 6.92 Å². The lowest BCUT2D eigenvalue weighted by Crippen LogP contribution is -2.12. The molecule has 3 nitrogen and oxygen atoms in total. The molecular weight excluding hydrogens is 333 g/mol. The van der Waals surface area contributed by atoms with Gasteiger partial charge in [-0.1, -0.05) is 40.9 Å². The molecule has 0 bridgehead atoms. The number of halogens is 3. The van der Waals surface area contributed by atoms with Crippen LogP contribution in [-0.4, -0.2) is 13.0 Å². The Hall–Kier alpha value is -1.42. The summed E-state index contributed by atoms with van der Waals surface area (Å²) < 4.78 is 5.04. The average molecular weight is 345 g/mol. The third-order valence-electron chi connectivity index (χ3n) is 2.84. The SMILES string of the molecule is COc1c(Cl)cc(C(=O)Nc2ccc(C)cc2Cl)cc1Cl. The van der Waals surface area contributed by atoms with Gasteiger partial charge in [-0.3, -0.25) is 4.79 Å². The summed E-state index contributed by atoms with van der Waals surface area (Å²) in [5.41, 5.74) is 1.85. The number of amides is 1. The highest BCUT2D eigenvalue weighted by atomic mass is 35.5. The van der Waals surface area contributed by atoms with Crippen LogP contribution in [0.5, 0.6) is 5.75 Å². The van der Waals surface area contributed by atoms with Crippen molar-refractivity contribution in [2.45, 2.75) is 6.92 Å². The van der Waals surface area contributed by atoms with Crippen molar-refractivity contribution < 1.29 is 9.53 Å². The first-order chi connectivity index (χ1) is 9.92. The summed E-state index contributed by atoms with van der Waals surface area (Å²) in [4.78, 5) is 12.2. The summed E-state index contributed by atoms with van der Waals surface area (Å²) in [6.45, 7) is 1.92.